The quantitative estimate of drug-likeness (QED) is 0.350. The summed E-state index contributed by atoms with van der Waals surface area (Å²) in [6.07, 6.45) is -1.12. The van der Waals surface area contributed by atoms with Crippen molar-refractivity contribution in [2.75, 3.05) is 39.3 Å². The average molecular weight is 598 g/mol. The van der Waals surface area contributed by atoms with Crippen molar-refractivity contribution in [3.63, 3.8) is 0 Å². The second-order valence-corrected chi connectivity index (χ2v) is 12.9. The molecule has 3 aliphatic carbocycles. The summed E-state index contributed by atoms with van der Waals surface area (Å²) in [6.45, 7) is 1.73. The van der Waals surface area contributed by atoms with Crippen LogP contribution in [0.3, 0.4) is 0 Å². The fourth-order valence-corrected chi connectivity index (χ4v) is 7.95. The average Bonchev–Trinajstić information content (AvgIpc) is 2.93. The minimum Gasteiger partial charge on any atom is -0.480 e. The van der Waals surface area contributed by atoms with Crippen LogP contribution >= 0.6 is 0 Å². The number of alkyl halides is 6. The summed E-state index contributed by atoms with van der Waals surface area (Å²) < 4.78 is 81.7. The molecule has 0 aromatic carbocycles. The lowest BCUT2D eigenvalue weighted by atomic mass is 9.74. The number of hydrogen-bond acceptors (Lipinski definition) is 4. The van der Waals surface area contributed by atoms with Gasteiger partial charge in [0, 0.05) is 38.8 Å². The maximum Gasteiger partial charge on any atom is 0.391 e. The van der Waals surface area contributed by atoms with E-state index in [1.807, 2.05) is 0 Å². The van der Waals surface area contributed by atoms with Crippen molar-refractivity contribution >= 4 is 11.9 Å². The van der Waals surface area contributed by atoms with Crippen molar-refractivity contribution in [3.05, 3.63) is 0 Å². The molecule has 0 radical (unpaired) electrons. The third-order valence-electron chi connectivity index (χ3n) is 10.0. The van der Waals surface area contributed by atoms with Crippen LogP contribution in [-0.4, -0.2) is 95.4 Å². The van der Waals surface area contributed by atoms with Gasteiger partial charge in [0.2, 0.25) is 5.91 Å². The molecule has 3 atom stereocenters. The molecule has 4 rings (SSSR count). The fraction of sp³-hybridized carbons (Fsp3) is 0.931. The third kappa shape index (κ3) is 8.74. The fourth-order valence-electron chi connectivity index (χ4n) is 7.95. The predicted octanol–water partition coefficient (Wildman–Crippen LogP) is 5.96. The number of rotatable bonds is 8. The minimum atomic E-state index is -4.79. The van der Waals surface area contributed by atoms with Gasteiger partial charge < -0.3 is 10.0 Å². The van der Waals surface area contributed by atoms with Crippen molar-refractivity contribution in [3.8, 4) is 0 Å². The van der Waals surface area contributed by atoms with Gasteiger partial charge >= 0.3 is 18.3 Å². The zero-order valence-corrected chi connectivity index (χ0v) is 23.8. The van der Waals surface area contributed by atoms with Crippen LogP contribution in [0, 0.1) is 23.7 Å². The van der Waals surface area contributed by atoms with E-state index >= 15 is 0 Å². The van der Waals surface area contributed by atoms with Crippen molar-refractivity contribution in [2.45, 2.75) is 108 Å². The molecule has 41 heavy (non-hydrogen) atoms. The Balaban J connectivity index is 1.52. The highest BCUT2D eigenvalue weighted by Crippen LogP contribution is 2.48. The molecule has 12 heteroatoms. The number of hydrogen-bond donors (Lipinski definition) is 1. The van der Waals surface area contributed by atoms with Crippen LogP contribution in [0.25, 0.3) is 0 Å². The maximum absolute atomic E-state index is 14.2. The lowest BCUT2D eigenvalue weighted by molar-refractivity contribution is -0.229. The van der Waals surface area contributed by atoms with Crippen molar-refractivity contribution in [2.24, 2.45) is 23.7 Å². The lowest BCUT2D eigenvalue weighted by Crippen LogP contribution is -2.60. The molecule has 3 unspecified atom stereocenters. The van der Waals surface area contributed by atoms with Gasteiger partial charge in [0.05, 0.1) is 17.9 Å². The van der Waals surface area contributed by atoms with Gasteiger partial charge in [-0.25, -0.2) is 0 Å². The first kappa shape index (κ1) is 32.4. The number of amides is 1. The number of carbonyl (C=O) groups excluding carboxylic acids is 1. The summed E-state index contributed by atoms with van der Waals surface area (Å²) in [4.78, 5) is 31.6. The first-order chi connectivity index (χ1) is 19.3. The number of nitrogens with zero attached hydrogens (tertiary/aromatic N) is 3. The van der Waals surface area contributed by atoms with Gasteiger partial charge in [-0.15, -0.1) is 0 Å². The monoisotopic (exact) mass is 597 g/mol. The van der Waals surface area contributed by atoms with Gasteiger partial charge in [0.1, 0.15) is 6.54 Å². The second kappa shape index (κ2) is 13.8. The molecule has 6 nitrogen and oxygen atoms in total. The van der Waals surface area contributed by atoms with Crippen LogP contribution in [0.1, 0.15) is 83.5 Å². The number of carbonyl (C=O) groups is 2. The van der Waals surface area contributed by atoms with Crippen LogP contribution in [-0.2, 0) is 9.59 Å². The lowest BCUT2D eigenvalue weighted by Gasteiger charge is -2.46. The molecule has 1 amide bonds. The topological polar surface area (TPSA) is 64.1 Å². The molecule has 3 saturated carbocycles. The smallest absolute Gasteiger partial charge is 0.391 e. The highest BCUT2D eigenvalue weighted by atomic mass is 19.4. The zero-order chi connectivity index (χ0) is 29.8. The van der Waals surface area contributed by atoms with E-state index in [9.17, 15) is 41.0 Å². The Morgan fingerprint density at radius 2 is 1.27 bits per heavy atom. The SMILES string of the molecule is O=C(O)CN(CC1CC(C(F)(F)F)CC(C(F)(F)F)C1)C(=O)C(C1CCCCC1)N1CCN(C2CCCCC2)CC1. The number of halogens is 6. The standard InChI is InChI=1S/C29H45F6N3O3/c30-28(31,32)22-15-20(16-23(17-22)29(33,34)35)18-38(19-25(39)40)27(41)26(21-7-3-1-4-8-21)37-13-11-36(12-14-37)24-9-5-2-6-10-24/h20-24,26H,1-19H2,(H,39,40). The molecule has 0 aromatic rings. The number of carboxylic acids is 1. The van der Waals surface area contributed by atoms with E-state index in [0.717, 1.165) is 62.9 Å². The first-order valence-electron chi connectivity index (χ1n) is 15.4. The molecular weight excluding hydrogens is 552 g/mol. The molecule has 1 saturated heterocycles. The van der Waals surface area contributed by atoms with Crippen molar-refractivity contribution in [1.82, 2.24) is 14.7 Å². The number of aliphatic carboxylic acids is 1. The summed E-state index contributed by atoms with van der Waals surface area (Å²) >= 11 is 0. The normalized spacial score (nSPS) is 29.3. The third-order valence-corrected chi connectivity index (χ3v) is 10.0. The molecule has 4 aliphatic rings. The van der Waals surface area contributed by atoms with E-state index in [-0.39, 0.29) is 5.92 Å². The van der Waals surface area contributed by atoms with E-state index in [1.165, 1.54) is 19.3 Å². The highest BCUT2D eigenvalue weighted by Gasteiger charge is 2.52. The van der Waals surface area contributed by atoms with Gasteiger partial charge in [-0.3, -0.25) is 19.4 Å². The highest BCUT2D eigenvalue weighted by molar-refractivity contribution is 5.85. The Morgan fingerprint density at radius 3 is 1.76 bits per heavy atom. The van der Waals surface area contributed by atoms with Gasteiger partial charge in [-0.1, -0.05) is 38.5 Å². The van der Waals surface area contributed by atoms with Gasteiger partial charge in [-0.05, 0) is 56.8 Å². The van der Waals surface area contributed by atoms with Gasteiger partial charge in [0.15, 0.2) is 0 Å². The Labute approximate surface area is 238 Å². The summed E-state index contributed by atoms with van der Waals surface area (Å²) in [7, 11) is 0. The molecule has 4 fully saturated rings. The first-order valence-corrected chi connectivity index (χ1v) is 15.4. The second-order valence-electron chi connectivity index (χ2n) is 12.9. The van der Waals surface area contributed by atoms with Gasteiger partial charge in [-0.2, -0.15) is 26.3 Å². The molecule has 1 heterocycles. The maximum atomic E-state index is 14.2. The van der Waals surface area contributed by atoms with Crippen LogP contribution < -0.4 is 0 Å². The summed E-state index contributed by atoms with van der Waals surface area (Å²) in [5, 5.41) is 9.63. The summed E-state index contributed by atoms with van der Waals surface area (Å²) in [6, 6.07) is -0.0729. The molecule has 0 spiro atoms. The Hall–Kier alpha value is -1.56. The zero-order valence-electron chi connectivity index (χ0n) is 23.8. The Morgan fingerprint density at radius 1 is 0.756 bits per heavy atom. The van der Waals surface area contributed by atoms with Crippen molar-refractivity contribution in [1.29, 1.82) is 0 Å². The van der Waals surface area contributed by atoms with E-state index in [4.69, 9.17) is 0 Å². The van der Waals surface area contributed by atoms with E-state index in [2.05, 4.69) is 9.80 Å². The molecule has 236 valence electrons. The molecular formula is C29H45F6N3O3. The summed E-state index contributed by atoms with van der Waals surface area (Å²) in [5.41, 5.74) is 0. The largest absolute Gasteiger partial charge is 0.480 e. The number of carboxylic acid groups (broad SMARTS) is 1. The van der Waals surface area contributed by atoms with Crippen LogP contribution in [0.4, 0.5) is 26.3 Å². The van der Waals surface area contributed by atoms with Crippen LogP contribution in [0.2, 0.25) is 0 Å². The van der Waals surface area contributed by atoms with Crippen LogP contribution in [0.5, 0.6) is 0 Å². The van der Waals surface area contributed by atoms with Crippen LogP contribution in [0.15, 0.2) is 0 Å². The molecule has 0 bridgehead atoms. The summed E-state index contributed by atoms with van der Waals surface area (Å²) in [5.74, 6) is -7.12. The molecule has 0 aromatic heterocycles. The molecule has 1 N–H and O–H groups in total. The predicted molar refractivity (Wildman–Crippen MR) is 141 cm³/mol. The Kier molecular flexibility index (Phi) is 10.9. The van der Waals surface area contributed by atoms with Gasteiger partial charge in [0.25, 0.3) is 0 Å². The Bertz CT molecular complexity index is 843. The van der Waals surface area contributed by atoms with E-state index in [1.54, 1.807) is 0 Å². The van der Waals surface area contributed by atoms with Crippen molar-refractivity contribution < 1.29 is 41.0 Å². The molecule has 1 aliphatic heterocycles. The van der Waals surface area contributed by atoms with E-state index in [0.29, 0.717) is 19.1 Å². The number of piperazine rings is 1. The minimum absolute atomic E-state index is 0.00835. The van der Waals surface area contributed by atoms with E-state index < -0.39 is 80.4 Å².